The molecule has 0 spiro atoms. The van der Waals surface area contributed by atoms with Crippen molar-refractivity contribution in [2.45, 2.75) is 4.90 Å². The summed E-state index contributed by atoms with van der Waals surface area (Å²) in [6, 6.07) is 1.69. The van der Waals surface area contributed by atoms with E-state index in [4.69, 9.17) is 19.3 Å². The van der Waals surface area contributed by atoms with E-state index in [9.17, 15) is 4.79 Å². The molecule has 108 valence electrons. The van der Waals surface area contributed by atoms with Crippen LogP contribution < -0.4 is 0 Å². The third-order valence-electron chi connectivity index (χ3n) is 2.09. The number of aromatic carboxylic acids is 1. The molecule has 0 bridgehead atoms. The number of carbonyl (C=O) groups is 1. The first-order valence-corrected chi connectivity index (χ1v) is 7.69. The minimum atomic E-state index is -0.874. The number of carboxylic acid groups (broad SMARTS) is 1. The number of hydrogen-bond acceptors (Lipinski definition) is 6. The molecule has 0 amide bonds. The number of methoxy groups -OCH3 is 1. The van der Waals surface area contributed by atoms with E-state index in [-0.39, 0.29) is 0 Å². The molecule has 1 rings (SSSR count). The molecule has 0 atom stereocenters. The SMILES string of the molecule is COCCOCCOCCSc1csc(C(=O)O)c1. The second-order valence-corrected chi connectivity index (χ2v) is 5.60. The lowest BCUT2D eigenvalue weighted by Gasteiger charge is -2.04. The Kier molecular flexibility index (Phi) is 8.85. The number of hydrogen-bond donors (Lipinski definition) is 1. The van der Waals surface area contributed by atoms with Gasteiger partial charge in [-0.3, -0.25) is 0 Å². The van der Waals surface area contributed by atoms with E-state index in [1.807, 2.05) is 5.38 Å². The minimum Gasteiger partial charge on any atom is -0.477 e. The fourth-order valence-electron chi connectivity index (χ4n) is 1.19. The fourth-order valence-corrected chi connectivity index (χ4v) is 2.93. The first-order chi connectivity index (χ1) is 9.24. The normalized spacial score (nSPS) is 10.8. The highest BCUT2D eigenvalue weighted by Gasteiger charge is 2.06. The van der Waals surface area contributed by atoms with Gasteiger partial charge in [-0.25, -0.2) is 4.79 Å². The molecule has 19 heavy (non-hydrogen) atoms. The van der Waals surface area contributed by atoms with Gasteiger partial charge in [-0.2, -0.15) is 0 Å². The van der Waals surface area contributed by atoms with Crippen molar-refractivity contribution in [1.82, 2.24) is 0 Å². The fraction of sp³-hybridized carbons (Fsp3) is 0.583. The van der Waals surface area contributed by atoms with Crippen LogP contribution in [-0.4, -0.2) is 57.0 Å². The van der Waals surface area contributed by atoms with E-state index >= 15 is 0 Å². The molecule has 0 saturated carbocycles. The Bertz CT molecular complexity index is 367. The summed E-state index contributed by atoms with van der Waals surface area (Å²) in [4.78, 5) is 12.0. The maximum Gasteiger partial charge on any atom is 0.345 e. The van der Waals surface area contributed by atoms with Crippen molar-refractivity contribution in [1.29, 1.82) is 0 Å². The van der Waals surface area contributed by atoms with Crippen molar-refractivity contribution in [3.63, 3.8) is 0 Å². The standard InChI is InChI=1S/C12H18O5S2/c1-15-2-3-16-4-5-17-6-7-18-10-8-11(12(13)14)19-9-10/h8-9H,2-7H2,1H3,(H,13,14). The average Bonchev–Trinajstić information content (AvgIpc) is 2.86. The Morgan fingerprint density at radius 2 is 1.95 bits per heavy atom. The van der Waals surface area contributed by atoms with Gasteiger partial charge in [0.2, 0.25) is 0 Å². The number of rotatable bonds is 11. The van der Waals surface area contributed by atoms with Crippen molar-refractivity contribution in [2.24, 2.45) is 0 Å². The van der Waals surface area contributed by atoms with Gasteiger partial charge < -0.3 is 19.3 Å². The maximum absolute atomic E-state index is 10.7. The van der Waals surface area contributed by atoms with Gasteiger partial charge in [0.15, 0.2) is 0 Å². The zero-order valence-corrected chi connectivity index (χ0v) is 12.4. The van der Waals surface area contributed by atoms with Crippen LogP contribution in [-0.2, 0) is 14.2 Å². The van der Waals surface area contributed by atoms with Crippen LogP contribution in [0.3, 0.4) is 0 Å². The van der Waals surface area contributed by atoms with Crippen molar-refractivity contribution >= 4 is 29.1 Å². The molecule has 7 heteroatoms. The van der Waals surface area contributed by atoms with Crippen LogP contribution in [0.4, 0.5) is 0 Å². The van der Waals surface area contributed by atoms with Gasteiger partial charge in [-0.05, 0) is 6.07 Å². The second-order valence-electron chi connectivity index (χ2n) is 3.52. The van der Waals surface area contributed by atoms with E-state index in [0.29, 0.717) is 37.9 Å². The smallest absolute Gasteiger partial charge is 0.345 e. The highest BCUT2D eigenvalue weighted by atomic mass is 32.2. The summed E-state index contributed by atoms with van der Waals surface area (Å²) >= 11 is 2.84. The Labute approximate surface area is 120 Å². The molecule has 0 aliphatic carbocycles. The summed E-state index contributed by atoms with van der Waals surface area (Å²) in [5, 5.41) is 10.6. The zero-order chi connectivity index (χ0) is 13.9. The van der Waals surface area contributed by atoms with Crippen molar-refractivity contribution in [3.8, 4) is 0 Å². The largest absolute Gasteiger partial charge is 0.477 e. The molecule has 0 unspecified atom stereocenters. The van der Waals surface area contributed by atoms with E-state index < -0.39 is 5.97 Å². The lowest BCUT2D eigenvalue weighted by atomic mass is 10.5. The summed E-state index contributed by atoms with van der Waals surface area (Å²) in [6.07, 6.45) is 0. The van der Waals surface area contributed by atoms with Crippen LogP contribution >= 0.6 is 23.1 Å². The number of carboxylic acids is 1. The molecule has 5 nitrogen and oxygen atoms in total. The summed E-state index contributed by atoms with van der Waals surface area (Å²) in [5.74, 6) is -0.0743. The van der Waals surface area contributed by atoms with Gasteiger partial charge in [-0.1, -0.05) is 0 Å². The molecular formula is C12H18O5S2. The summed E-state index contributed by atoms with van der Waals surface area (Å²) in [7, 11) is 1.64. The molecule has 1 N–H and O–H groups in total. The molecule has 1 aromatic rings. The van der Waals surface area contributed by atoms with Gasteiger partial charge in [-0.15, -0.1) is 23.1 Å². The first kappa shape index (κ1) is 16.5. The van der Waals surface area contributed by atoms with Gasteiger partial charge in [0.05, 0.1) is 33.0 Å². The van der Waals surface area contributed by atoms with Crippen molar-refractivity contribution in [3.05, 3.63) is 16.3 Å². The van der Waals surface area contributed by atoms with E-state index in [0.717, 1.165) is 10.6 Å². The van der Waals surface area contributed by atoms with Crippen LogP contribution in [0.1, 0.15) is 9.67 Å². The quantitative estimate of drug-likeness (QED) is 0.499. The lowest BCUT2D eigenvalue weighted by molar-refractivity contribution is 0.0286. The third-order valence-corrected chi connectivity index (χ3v) is 4.09. The average molecular weight is 306 g/mol. The van der Waals surface area contributed by atoms with Crippen LogP contribution in [0.2, 0.25) is 0 Å². The molecule has 0 aromatic carbocycles. The highest BCUT2D eigenvalue weighted by Crippen LogP contribution is 2.24. The maximum atomic E-state index is 10.7. The molecular weight excluding hydrogens is 288 g/mol. The van der Waals surface area contributed by atoms with Crippen LogP contribution in [0.25, 0.3) is 0 Å². The van der Waals surface area contributed by atoms with Crippen LogP contribution in [0.15, 0.2) is 16.3 Å². The first-order valence-electron chi connectivity index (χ1n) is 5.83. The molecule has 0 radical (unpaired) electrons. The Morgan fingerprint density at radius 1 is 1.26 bits per heavy atom. The molecule has 0 aliphatic heterocycles. The monoisotopic (exact) mass is 306 g/mol. The van der Waals surface area contributed by atoms with E-state index in [1.54, 1.807) is 24.9 Å². The summed E-state index contributed by atoms with van der Waals surface area (Å²) < 4.78 is 15.5. The van der Waals surface area contributed by atoms with E-state index in [1.165, 1.54) is 11.3 Å². The zero-order valence-electron chi connectivity index (χ0n) is 10.8. The highest BCUT2D eigenvalue weighted by molar-refractivity contribution is 7.99. The van der Waals surface area contributed by atoms with Gasteiger partial charge in [0.25, 0.3) is 0 Å². The molecule has 0 aliphatic rings. The third kappa shape index (κ3) is 7.54. The predicted octanol–water partition coefficient (Wildman–Crippen LogP) is 2.22. The number of ether oxygens (including phenoxy) is 3. The molecule has 1 heterocycles. The molecule has 1 aromatic heterocycles. The predicted molar refractivity (Wildman–Crippen MR) is 75.5 cm³/mol. The summed E-state index contributed by atoms with van der Waals surface area (Å²) in [5.41, 5.74) is 0. The van der Waals surface area contributed by atoms with E-state index in [2.05, 4.69) is 0 Å². The number of thioether (sulfide) groups is 1. The number of thiophene rings is 1. The van der Waals surface area contributed by atoms with Gasteiger partial charge in [0.1, 0.15) is 4.88 Å². The van der Waals surface area contributed by atoms with Crippen molar-refractivity contribution < 1.29 is 24.1 Å². The lowest BCUT2D eigenvalue weighted by Crippen LogP contribution is -2.09. The van der Waals surface area contributed by atoms with Crippen LogP contribution in [0, 0.1) is 0 Å². The topological polar surface area (TPSA) is 65.0 Å². The summed E-state index contributed by atoms with van der Waals surface area (Å²) in [6.45, 7) is 2.93. The van der Waals surface area contributed by atoms with Gasteiger partial charge >= 0.3 is 5.97 Å². The van der Waals surface area contributed by atoms with Gasteiger partial charge in [0, 0.05) is 23.1 Å². The Morgan fingerprint density at radius 3 is 2.58 bits per heavy atom. The minimum absolute atomic E-state index is 0.370. The Balaban J connectivity index is 1.97. The van der Waals surface area contributed by atoms with Crippen LogP contribution in [0.5, 0.6) is 0 Å². The molecule has 0 saturated heterocycles. The van der Waals surface area contributed by atoms with Crippen molar-refractivity contribution in [2.75, 3.05) is 45.9 Å². The second kappa shape index (κ2) is 10.2. The molecule has 0 fully saturated rings. The Hall–Kier alpha value is -0.600.